The van der Waals surface area contributed by atoms with Crippen molar-refractivity contribution in [3.63, 3.8) is 0 Å². The molecule has 10 heteroatoms. The minimum atomic E-state index is -0.119. The molecule has 9 nitrogen and oxygen atoms in total. The van der Waals surface area contributed by atoms with Gasteiger partial charge in [-0.15, -0.1) is 10.2 Å². The molecule has 0 aromatic carbocycles. The molecule has 1 aliphatic heterocycles. The number of nitriles is 1. The Kier molecular flexibility index (Phi) is 6.34. The molecule has 0 unspecified atom stereocenters. The molecule has 0 atom stereocenters. The van der Waals surface area contributed by atoms with Gasteiger partial charge in [-0.3, -0.25) is 9.36 Å². The summed E-state index contributed by atoms with van der Waals surface area (Å²) < 4.78 is 9.85. The molecular weight excluding hydrogens is 438 g/mol. The molecule has 2 saturated carbocycles. The predicted octanol–water partition coefficient (Wildman–Crippen LogP) is 3.59. The number of amides is 1. The van der Waals surface area contributed by atoms with Gasteiger partial charge in [-0.2, -0.15) is 5.26 Å². The lowest BCUT2D eigenvalue weighted by molar-refractivity contribution is -0.113. The fourth-order valence-electron chi connectivity index (χ4n) is 5.00. The Labute approximate surface area is 198 Å². The van der Waals surface area contributed by atoms with Crippen molar-refractivity contribution in [1.29, 1.82) is 5.26 Å². The zero-order chi connectivity index (χ0) is 22.9. The summed E-state index contributed by atoms with van der Waals surface area (Å²) >= 11 is 1.42. The maximum Gasteiger partial charge on any atom is 0.235 e. The molecule has 0 spiro atoms. The first kappa shape index (κ1) is 22.3. The summed E-state index contributed by atoms with van der Waals surface area (Å²) in [5.74, 6) is 1.65. The molecule has 2 aliphatic carbocycles. The van der Waals surface area contributed by atoms with E-state index >= 15 is 0 Å². The average molecular weight is 470 g/mol. The van der Waals surface area contributed by atoms with E-state index in [0.29, 0.717) is 36.7 Å². The number of rotatable bonds is 7. The smallest absolute Gasteiger partial charge is 0.235 e. The van der Waals surface area contributed by atoms with Crippen LogP contribution in [0, 0.1) is 25.2 Å². The minimum Gasteiger partial charge on any atom is -0.378 e. The molecule has 3 fully saturated rings. The van der Waals surface area contributed by atoms with Crippen molar-refractivity contribution in [1.82, 2.24) is 19.3 Å². The van der Waals surface area contributed by atoms with Gasteiger partial charge in [0, 0.05) is 30.9 Å². The number of anilines is 2. The van der Waals surface area contributed by atoms with Crippen LogP contribution in [0.2, 0.25) is 0 Å². The van der Waals surface area contributed by atoms with Crippen LogP contribution in [-0.4, -0.2) is 57.3 Å². The van der Waals surface area contributed by atoms with Crippen molar-refractivity contribution in [2.45, 2.75) is 69.6 Å². The first-order valence-corrected chi connectivity index (χ1v) is 12.9. The van der Waals surface area contributed by atoms with E-state index in [-0.39, 0.29) is 11.7 Å². The Morgan fingerprint density at radius 2 is 1.82 bits per heavy atom. The Morgan fingerprint density at radius 1 is 1.12 bits per heavy atom. The number of aromatic nitrogens is 4. The van der Waals surface area contributed by atoms with Crippen molar-refractivity contribution in [2.24, 2.45) is 0 Å². The van der Waals surface area contributed by atoms with Crippen molar-refractivity contribution in [3.8, 4) is 6.07 Å². The molecule has 3 aliphatic rings. The number of ether oxygens (including phenoxy) is 1. The van der Waals surface area contributed by atoms with E-state index in [2.05, 4.69) is 35.6 Å². The van der Waals surface area contributed by atoms with Gasteiger partial charge < -0.3 is 19.5 Å². The van der Waals surface area contributed by atoms with Gasteiger partial charge in [0.25, 0.3) is 0 Å². The van der Waals surface area contributed by atoms with Crippen LogP contribution in [0.4, 0.5) is 11.8 Å². The van der Waals surface area contributed by atoms with E-state index in [4.69, 9.17) is 4.74 Å². The second-order valence-corrected chi connectivity index (χ2v) is 10.1. The Balaban J connectivity index is 1.32. The number of nitrogens with zero attached hydrogens (tertiary/aromatic N) is 6. The maximum absolute atomic E-state index is 13.0. The fourth-order valence-corrected chi connectivity index (χ4v) is 5.80. The molecule has 0 radical (unpaired) electrons. The lowest BCUT2D eigenvalue weighted by Crippen LogP contribution is -2.38. The summed E-state index contributed by atoms with van der Waals surface area (Å²) in [6, 6.07) is 3.08. The van der Waals surface area contributed by atoms with Crippen LogP contribution in [0.5, 0.6) is 0 Å². The quantitative estimate of drug-likeness (QED) is 0.619. The van der Waals surface area contributed by atoms with Crippen LogP contribution in [0.15, 0.2) is 5.16 Å². The second kappa shape index (κ2) is 9.39. The predicted molar refractivity (Wildman–Crippen MR) is 127 cm³/mol. The number of thioether (sulfide) groups is 1. The van der Waals surface area contributed by atoms with Crippen LogP contribution in [0.3, 0.4) is 0 Å². The highest BCUT2D eigenvalue weighted by Crippen LogP contribution is 2.41. The monoisotopic (exact) mass is 469 g/mol. The molecular formula is C23H31N7O2S. The van der Waals surface area contributed by atoms with Gasteiger partial charge in [0.15, 0.2) is 5.16 Å². The Hall–Kier alpha value is -2.51. The van der Waals surface area contributed by atoms with Crippen molar-refractivity contribution < 1.29 is 9.53 Å². The molecule has 2 aromatic heterocycles. The maximum atomic E-state index is 13.0. The van der Waals surface area contributed by atoms with Gasteiger partial charge in [0.05, 0.1) is 24.5 Å². The largest absolute Gasteiger partial charge is 0.378 e. The zero-order valence-electron chi connectivity index (χ0n) is 19.3. The molecule has 176 valence electrons. The highest BCUT2D eigenvalue weighted by Gasteiger charge is 2.32. The van der Waals surface area contributed by atoms with Gasteiger partial charge in [-0.25, -0.2) is 0 Å². The number of carbonyl (C=O) groups excluding carboxylic acids is 1. The van der Waals surface area contributed by atoms with Crippen LogP contribution >= 0.6 is 11.8 Å². The number of hydrogen-bond donors (Lipinski definition) is 1. The van der Waals surface area contributed by atoms with E-state index in [1.165, 1.54) is 24.6 Å². The van der Waals surface area contributed by atoms with Crippen LogP contribution in [-0.2, 0) is 9.53 Å². The van der Waals surface area contributed by atoms with E-state index in [9.17, 15) is 10.1 Å². The van der Waals surface area contributed by atoms with Crippen LogP contribution in [0.25, 0.3) is 0 Å². The van der Waals surface area contributed by atoms with Crippen LogP contribution < -0.4 is 10.2 Å². The first-order valence-electron chi connectivity index (χ1n) is 11.9. The standard InChI is InChI=1S/C23H31N7O2S/c1-15-16(2)29(17-5-3-4-6-17)21(19(15)13-24)25-20(31)14-33-23-27-26-22(30(23)18-7-8-18)28-9-11-32-12-10-28/h17-18H,3-12,14H2,1-2H3,(H,25,31). The molecule has 1 amide bonds. The van der Waals surface area contributed by atoms with E-state index in [1.54, 1.807) is 0 Å². The Morgan fingerprint density at radius 3 is 2.48 bits per heavy atom. The summed E-state index contributed by atoms with van der Waals surface area (Å²) in [5, 5.41) is 22.5. The van der Waals surface area contributed by atoms with E-state index < -0.39 is 0 Å². The highest BCUT2D eigenvalue weighted by molar-refractivity contribution is 7.99. The fraction of sp³-hybridized carbons (Fsp3) is 0.652. The molecule has 1 N–H and O–H groups in total. The van der Waals surface area contributed by atoms with E-state index in [1.807, 2.05) is 13.8 Å². The lowest BCUT2D eigenvalue weighted by atomic mass is 10.2. The van der Waals surface area contributed by atoms with Crippen LogP contribution in [0.1, 0.15) is 67.4 Å². The van der Waals surface area contributed by atoms with Gasteiger partial charge in [0.2, 0.25) is 11.9 Å². The SMILES string of the molecule is Cc1c(C#N)c(NC(=O)CSc2nnc(N3CCOCC3)n2C2CC2)n(C2CCCC2)c1C. The van der Waals surface area contributed by atoms with Gasteiger partial charge >= 0.3 is 0 Å². The molecule has 1 saturated heterocycles. The summed E-state index contributed by atoms with van der Waals surface area (Å²) in [6.07, 6.45) is 6.80. The number of carbonyl (C=O) groups is 1. The zero-order valence-corrected chi connectivity index (χ0v) is 20.2. The third-order valence-electron chi connectivity index (χ3n) is 7.00. The van der Waals surface area contributed by atoms with Gasteiger partial charge in [0.1, 0.15) is 11.9 Å². The highest BCUT2D eigenvalue weighted by atomic mass is 32.2. The summed E-state index contributed by atoms with van der Waals surface area (Å²) in [6.45, 7) is 7.03. The first-order chi connectivity index (χ1) is 16.1. The van der Waals surface area contributed by atoms with Crippen molar-refractivity contribution >= 4 is 29.4 Å². The van der Waals surface area contributed by atoms with Crippen molar-refractivity contribution in [2.75, 3.05) is 42.3 Å². The topological polar surface area (TPSA) is 101 Å². The number of nitrogens with one attached hydrogen (secondary N) is 1. The Bertz CT molecular complexity index is 1070. The van der Waals surface area contributed by atoms with E-state index in [0.717, 1.165) is 61.1 Å². The number of hydrogen-bond acceptors (Lipinski definition) is 7. The third-order valence-corrected chi connectivity index (χ3v) is 7.94. The second-order valence-electron chi connectivity index (χ2n) is 9.17. The molecule has 5 rings (SSSR count). The lowest BCUT2D eigenvalue weighted by Gasteiger charge is -2.27. The molecule has 3 heterocycles. The normalized spacial score (nSPS) is 19.1. The third kappa shape index (κ3) is 4.36. The average Bonchev–Trinajstić information content (AvgIpc) is 3.26. The van der Waals surface area contributed by atoms with Gasteiger partial charge in [-0.1, -0.05) is 24.6 Å². The summed E-state index contributed by atoms with van der Waals surface area (Å²) in [4.78, 5) is 15.2. The molecule has 0 bridgehead atoms. The summed E-state index contributed by atoms with van der Waals surface area (Å²) in [5.41, 5.74) is 2.61. The molecule has 2 aromatic rings. The minimum absolute atomic E-state index is 0.119. The van der Waals surface area contributed by atoms with Crippen molar-refractivity contribution in [3.05, 3.63) is 16.8 Å². The van der Waals surface area contributed by atoms with Gasteiger partial charge in [-0.05, 0) is 45.1 Å². The number of morpholine rings is 1. The molecule has 33 heavy (non-hydrogen) atoms. The summed E-state index contributed by atoms with van der Waals surface area (Å²) in [7, 11) is 0.